The summed E-state index contributed by atoms with van der Waals surface area (Å²) >= 11 is 11.7. The quantitative estimate of drug-likeness (QED) is 0.621. The molecule has 2 nitrogen and oxygen atoms in total. The maximum absolute atomic E-state index is 12.2. The van der Waals surface area contributed by atoms with E-state index in [9.17, 15) is 4.79 Å². The monoisotopic (exact) mass is 449 g/mol. The number of amides is 1. The molecular weight excluding hydrogens is 440 g/mol. The fourth-order valence-corrected chi connectivity index (χ4v) is 3.16. The van der Waals surface area contributed by atoms with Crippen LogP contribution in [0.5, 0.6) is 0 Å². The Morgan fingerprint density at radius 3 is 2.63 bits per heavy atom. The van der Waals surface area contributed by atoms with Gasteiger partial charge in [0.2, 0.25) is 0 Å². The Morgan fingerprint density at radius 2 is 2.00 bits per heavy atom. The van der Waals surface area contributed by atoms with Crippen molar-refractivity contribution in [3.05, 3.63) is 60.6 Å². The molecule has 0 saturated heterocycles. The van der Waals surface area contributed by atoms with Crippen LogP contribution < -0.4 is 5.32 Å². The lowest BCUT2D eigenvalue weighted by Gasteiger charge is -2.09. The van der Waals surface area contributed by atoms with Gasteiger partial charge in [-0.25, -0.2) is 0 Å². The molecule has 19 heavy (non-hydrogen) atoms. The fourth-order valence-electron chi connectivity index (χ4n) is 1.58. The van der Waals surface area contributed by atoms with Crippen LogP contribution in [0.2, 0.25) is 5.02 Å². The minimum absolute atomic E-state index is 0.185. The normalized spacial score (nSPS) is 10.3. The second kappa shape index (κ2) is 6.24. The Hall–Kier alpha value is -0.590. The molecule has 0 unspecified atom stereocenters. The highest BCUT2D eigenvalue weighted by Gasteiger charge is 2.11. The van der Waals surface area contributed by atoms with Crippen LogP contribution in [-0.4, -0.2) is 5.91 Å². The first-order chi connectivity index (χ1) is 8.97. The number of rotatable bonds is 2. The molecule has 1 N–H and O–H groups in total. The number of hydrogen-bond donors (Lipinski definition) is 1. The summed E-state index contributed by atoms with van der Waals surface area (Å²) in [6, 6.07) is 11.1. The van der Waals surface area contributed by atoms with E-state index in [0.717, 1.165) is 13.6 Å². The largest absolute Gasteiger partial charge is 0.321 e. The third kappa shape index (κ3) is 3.70. The van der Waals surface area contributed by atoms with E-state index in [2.05, 4.69) is 43.8 Å². The van der Waals surface area contributed by atoms with Crippen molar-refractivity contribution in [2.75, 3.05) is 5.32 Å². The fraction of sp³-hybridized carbons (Fsp3) is 0.0714. The van der Waals surface area contributed by atoms with Crippen molar-refractivity contribution < 1.29 is 4.79 Å². The van der Waals surface area contributed by atoms with E-state index in [-0.39, 0.29) is 5.91 Å². The minimum atomic E-state index is -0.185. The van der Waals surface area contributed by atoms with Gasteiger partial charge in [0.25, 0.3) is 5.91 Å². The SMILES string of the molecule is Cc1ccc(C(=O)Nc2ccc(I)cc2Cl)c(Br)c1. The topological polar surface area (TPSA) is 29.1 Å². The predicted octanol–water partition coefficient (Wildman–Crippen LogP) is 5.27. The lowest BCUT2D eigenvalue weighted by Crippen LogP contribution is -2.13. The second-order valence-corrected chi connectivity index (χ2v) is 6.57. The van der Waals surface area contributed by atoms with Crippen LogP contribution in [0.4, 0.5) is 5.69 Å². The van der Waals surface area contributed by atoms with Gasteiger partial charge in [0.05, 0.1) is 16.3 Å². The van der Waals surface area contributed by atoms with Gasteiger partial charge in [-0.2, -0.15) is 0 Å². The number of nitrogens with one attached hydrogen (secondary N) is 1. The third-order valence-corrected chi connectivity index (χ3v) is 4.19. The molecule has 98 valence electrons. The van der Waals surface area contributed by atoms with Crippen LogP contribution >= 0.6 is 50.1 Å². The number of halogens is 3. The summed E-state index contributed by atoms with van der Waals surface area (Å²) in [7, 11) is 0. The van der Waals surface area contributed by atoms with Crippen molar-refractivity contribution in [2.45, 2.75) is 6.92 Å². The summed E-state index contributed by atoms with van der Waals surface area (Å²) in [6.07, 6.45) is 0. The molecule has 0 bridgehead atoms. The average molecular weight is 451 g/mol. The van der Waals surface area contributed by atoms with Crippen molar-refractivity contribution in [3.8, 4) is 0 Å². The lowest BCUT2D eigenvalue weighted by atomic mass is 10.1. The molecule has 0 fully saturated rings. The Morgan fingerprint density at radius 1 is 1.26 bits per heavy atom. The van der Waals surface area contributed by atoms with E-state index < -0.39 is 0 Å². The van der Waals surface area contributed by atoms with Gasteiger partial charge in [-0.3, -0.25) is 4.79 Å². The molecule has 0 aromatic heterocycles. The summed E-state index contributed by atoms with van der Waals surface area (Å²) in [5.74, 6) is -0.185. The van der Waals surface area contributed by atoms with Crippen molar-refractivity contribution in [3.63, 3.8) is 0 Å². The van der Waals surface area contributed by atoms with Crippen LogP contribution in [0.3, 0.4) is 0 Å². The summed E-state index contributed by atoms with van der Waals surface area (Å²) in [5, 5.41) is 3.34. The lowest BCUT2D eigenvalue weighted by molar-refractivity contribution is 0.102. The van der Waals surface area contributed by atoms with E-state index in [0.29, 0.717) is 16.3 Å². The molecule has 2 aromatic carbocycles. The smallest absolute Gasteiger partial charge is 0.256 e. The van der Waals surface area contributed by atoms with E-state index in [1.807, 2.05) is 31.2 Å². The molecule has 0 atom stereocenters. The van der Waals surface area contributed by atoms with Crippen LogP contribution in [0.1, 0.15) is 15.9 Å². The first-order valence-corrected chi connectivity index (χ1v) is 7.75. The van der Waals surface area contributed by atoms with Crippen molar-refractivity contribution in [1.82, 2.24) is 0 Å². The summed E-state index contributed by atoms with van der Waals surface area (Å²) in [5.41, 5.74) is 2.29. The van der Waals surface area contributed by atoms with E-state index in [1.54, 1.807) is 12.1 Å². The highest BCUT2D eigenvalue weighted by molar-refractivity contribution is 14.1. The van der Waals surface area contributed by atoms with Crippen LogP contribution in [0.15, 0.2) is 40.9 Å². The molecule has 0 aliphatic carbocycles. The first-order valence-electron chi connectivity index (χ1n) is 5.50. The molecule has 0 spiro atoms. The van der Waals surface area contributed by atoms with Crippen molar-refractivity contribution in [1.29, 1.82) is 0 Å². The maximum Gasteiger partial charge on any atom is 0.256 e. The van der Waals surface area contributed by atoms with Crippen molar-refractivity contribution >= 4 is 61.7 Å². The maximum atomic E-state index is 12.2. The van der Waals surface area contributed by atoms with Gasteiger partial charge in [0.1, 0.15) is 0 Å². The van der Waals surface area contributed by atoms with Crippen molar-refractivity contribution in [2.24, 2.45) is 0 Å². The minimum Gasteiger partial charge on any atom is -0.321 e. The molecule has 0 radical (unpaired) electrons. The summed E-state index contributed by atoms with van der Waals surface area (Å²) in [6.45, 7) is 1.97. The number of hydrogen-bond acceptors (Lipinski definition) is 1. The van der Waals surface area contributed by atoms with Gasteiger partial charge in [0, 0.05) is 8.04 Å². The zero-order chi connectivity index (χ0) is 14.0. The molecule has 0 heterocycles. The van der Waals surface area contributed by atoms with E-state index in [4.69, 9.17) is 11.6 Å². The number of aryl methyl sites for hydroxylation is 1. The predicted molar refractivity (Wildman–Crippen MR) is 91.0 cm³/mol. The highest BCUT2D eigenvalue weighted by atomic mass is 127. The zero-order valence-electron chi connectivity index (χ0n) is 10.0. The molecule has 0 saturated carbocycles. The summed E-state index contributed by atoms with van der Waals surface area (Å²) < 4.78 is 1.80. The number of carbonyl (C=O) groups is 1. The van der Waals surface area contributed by atoms with Gasteiger partial charge < -0.3 is 5.32 Å². The number of carbonyl (C=O) groups excluding carboxylic acids is 1. The zero-order valence-corrected chi connectivity index (χ0v) is 14.5. The number of anilines is 1. The Balaban J connectivity index is 2.25. The summed E-state index contributed by atoms with van der Waals surface area (Å²) in [4.78, 5) is 12.2. The molecule has 2 aromatic rings. The number of benzene rings is 2. The first kappa shape index (κ1) is 14.8. The Bertz CT molecular complexity index is 645. The second-order valence-electron chi connectivity index (χ2n) is 4.06. The molecule has 2 rings (SSSR count). The average Bonchev–Trinajstić information content (AvgIpc) is 2.32. The van der Waals surface area contributed by atoms with E-state index >= 15 is 0 Å². The molecule has 1 amide bonds. The molecule has 0 aliphatic heterocycles. The Labute approximate surface area is 138 Å². The van der Waals surface area contributed by atoms with Gasteiger partial charge in [-0.05, 0) is 81.3 Å². The third-order valence-electron chi connectivity index (χ3n) is 2.55. The van der Waals surface area contributed by atoms with Gasteiger partial charge in [0.15, 0.2) is 0 Å². The van der Waals surface area contributed by atoms with Crippen LogP contribution in [0, 0.1) is 10.5 Å². The molecular formula is C14H10BrClINO. The standard InChI is InChI=1S/C14H10BrClINO/c1-8-2-4-10(11(15)6-8)14(19)18-13-5-3-9(17)7-12(13)16/h2-7H,1H3,(H,18,19). The van der Waals surface area contributed by atoms with Crippen LogP contribution in [0.25, 0.3) is 0 Å². The highest BCUT2D eigenvalue weighted by Crippen LogP contribution is 2.25. The van der Waals surface area contributed by atoms with Gasteiger partial charge in [-0.1, -0.05) is 17.7 Å². The Kier molecular flexibility index (Phi) is 4.86. The molecule has 5 heteroatoms. The van der Waals surface area contributed by atoms with Crippen LogP contribution in [-0.2, 0) is 0 Å². The van der Waals surface area contributed by atoms with E-state index in [1.165, 1.54) is 0 Å². The molecule has 0 aliphatic rings. The van der Waals surface area contributed by atoms with Gasteiger partial charge in [-0.15, -0.1) is 0 Å². The van der Waals surface area contributed by atoms with Gasteiger partial charge >= 0.3 is 0 Å².